The van der Waals surface area contributed by atoms with Gasteiger partial charge < -0.3 is 9.47 Å². The number of hydrogen-bond acceptors (Lipinski definition) is 4. The molecule has 2 bridgehead atoms. The van der Waals surface area contributed by atoms with Crippen molar-refractivity contribution < 1.29 is 19.1 Å². The van der Waals surface area contributed by atoms with Crippen molar-refractivity contribution in [2.45, 2.75) is 0 Å². The summed E-state index contributed by atoms with van der Waals surface area (Å²) in [5.41, 5.74) is 4.92. The molecule has 6 rings (SSSR count). The molecule has 1 aliphatic heterocycles. The van der Waals surface area contributed by atoms with Crippen LogP contribution in [0.3, 0.4) is 0 Å². The minimum absolute atomic E-state index is 0.107. The molecule has 1 saturated carbocycles. The number of rotatable bonds is 5. The first-order valence-corrected chi connectivity index (χ1v) is 12.9. The van der Waals surface area contributed by atoms with Gasteiger partial charge in [-0.05, 0) is 93.4 Å². The highest BCUT2D eigenvalue weighted by molar-refractivity contribution is 14.1. The van der Waals surface area contributed by atoms with Gasteiger partial charge in [-0.15, -0.1) is 0 Å². The predicted molar refractivity (Wildman–Crippen MR) is 147 cm³/mol. The van der Waals surface area contributed by atoms with E-state index in [0.29, 0.717) is 5.69 Å². The lowest BCUT2D eigenvalue weighted by atomic mass is 9.85. The summed E-state index contributed by atoms with van der Waals surface area (Å²) < 4.78 is 11.8. The van der Waals surface area contributed by atoms with Crippen LogP contribution < -0.4 is 14.4 Å². The van der Waals surface area contributed by atoms with E-state index in [1.54, 1.807) is 14.2 Å². The first-order valence-electron chi connectivity index (χ1n) is 11.9. The normalized spacial score (nSPS) is 23.9. The molecule has 0 radical (unpaired) electrons. The zero-order valence-corrected chi connectivity index (χ0v) is 22.0. The summed E-state index contributed by atoms with van der Waals surface area (Å²) in [5.74, 6) is 0.339. The molecule has 2 fully saturated rings. The molecule has 4 unspecified atom stereocenters. The number of amides is 2. The first kappa shape index (κ1) is 23.0. The summed E-state index contributed by atoms with van der Waals surface area (Å²) in [5, 5.41) is 0. The van der Waals surface area contributed by atoms with Gasteiger partial charge in [-0.3, -0.25) is 9.59 Å². The molecule has 0 aromatic heterocycles. The second-order valence-electron chi connectivity index (χ2n) is 9.26. The maximum absolute atomic E-state index is 13.7. The van der Waals surface area contributed by atoms with Crippen molar-refractivity contribution in [1.29, 1.82) is 0 Å². The first-order chi connectivity index (χ1) is 17.5. The summed E-state index contributed by atoms with van der Waals surface area (Å²) in [7, 11) is 3.30. The average Bonchev–Trinajstić information content (AvgIpc) is 3.55. The molecule has 1 saturated heterocycles. The number of benzene rings is 3. The van der Waals surface area contributed by atoms with E-state index in [9.17, 15) is 9.59 Å². The fourth-order valence-corrected chi connectivity index (χ4v) is 6.32. The van der Waals surface area contributed by atoms with Crippen LogP contribution in [0.25, 0.3) is 5.57 Å². The lowest BCUT2D eigenvalue weighted by Crippen LogP contribution is -2.33. The number of anilines is 1. The number of allylic oxidation sites excluding steroid dienone is 3. The Bertz CT molecular complexity index is 1320. The largest absolute Gasteiger partial charge is 0.497 e. The smallest absolute Gasteiger partial charge is 0.238 e. The molecular formula is C30H24INO4. The molecule has 0 N–H and O–H groups in total. The molecule has 3 aliphatic rings. The number of methoxy groups -OCH3 is 2. The number of hydrogen-bond donors (Lipinski definition) is 0. The van der Waals surface area contributed by atoms with Crippen molar-refractivity contribution in [2.24, 2.45) is 23.7 Å². The zero-order valence-electron chi connectivity index (χ0n) is 19.9. The average molecular weight is 589 g/mol. The van der Waals surface area contributed by atoms with Crippen molar-refractivity contribution in [3.63, 3.8) is 0 Å². The summed E-state index contributed by atoms with van der Waals surface area (Å²) in [6.45, 7) is 0. The number of halogens is 1. The number of ether oxygens (including phenoxy) is 2. The molecule has 36 heavy (non-hydrogen) atoms. The SMILES string of the molecule is COc1ccc(C(=C2C3C=CC2C2C(=O)N(c4ccc(I)cc4)C(=O)C32)c2ccc(OC)cc2)cc1. The number of carbonyl (C=O) groups is 2. The van der Waals surface area contributed by atoms with Crippen molar-refractivity contribution in [3.05, 3.63) is 105 Å². The Morgan fingerprint density at radius 3 is 1.56 bits per heavy atom. The van der Waals surface area contributed by atoms with E-state index in [0.717, 1.165) is 37.3 Å². The van der Waals surface area contributed by atoms with Crippen molar-refractivity contribution >= 4 is 45.7 Å². The Balaban J connectivity index is 1.47. The Kier molecular flexibility index (Phi) is 5.71. The molecule has 5 nitrogen and oxygen atoms in total. The van der Waals surface area contributed by atoms with Crippen LogP contribution in [-0.4, -0.2) is 26.0 Å². The fraction of sp³-hybridized carbons (Fsp3) is 0.200. The maximum Gasteiger partial charge on any atom is 0.238 e. The van der Waals surface area contributed by atoms with Crippen molar-refractivity contribution in [3.8, 4) is 11.5 Å². The van der Waals surface area contributed by atoms with Crippen LogP contribution in [0, 0.1) is 27.2 Å². The van der Waals surface area contributed by atoms with Crippen molar-refractivity contribution in [1.82, 2.24) is 0 Å². The van der Waals surface area contributed by atoms with Crippen LogP contribution in [0.2, 0.25) is 0 Å². The van der Waals surface area contributed by atoms with Gasteiger partial charge >= 0.3 is 0 Å². The van der Waals surface area contributed by atoms with Crippen LogP contribution in [-0.2, 0) is 9.59 Å². The summed E-state index contributed by atoms with van der Waals surface area (Å²) >= 11 is 2.22. The van der Waals surface area contributed by atoms with E-state index in [2.05, 4.69) is 34.7 Å². The number of nitrogens with zero attached hydrogens (tertiary/aromatic N) is 1. The summed E-state index contributed by atoms with van der Waals surface area (Å²) in [6.07, 6.45) is 4.24. The van der Waals surface area contributed by atoms with E-state index in [-0.39, 0.29) is 35.5 Å². The number of imide groups is 1. The van der Waals surface area contributed by atoms with Crippen LogP contribution >= 0.6 is 22.6 Å². The highest BCUT2D eigenvalue weighted by Gasteiger charge is 2.62. The van der Waals surface area contributed by atoms with Crippen LogP contribution in [0.5, 0.6) is 11.5 Å². The van der Waals surface area contributed by atoms with Gasteiger partial charge in [0, 0.05) is 15.4 Å². The second-order valence-corrected chi connectivity index (χ2v) is 10.5. The molecule has 2 amide bonds. The molecule has 2 aliphatic carbocycles. The van der Waals surface area contributed by atoms with E-state index >= 15 is 0 Å². The molecule has 3 aromatic rings. The van der Waals surface area contributed by atoms with Gasteiger partial charge in [0.15, 0.2) is 0 Å². The van der Waals surface area contributed by atoms with E-state index in [1.807, 2.05) is 72.8 Å². The standard InChI is InChI=1S/C30H24INO4/c1-35-21-11-3-17(4-12-21)25(18-5-13-22(36-2)14-6-18)26-23-15-16-24(26)28-27(23)29(33)32(30(28)34)20-9-7-19(31)8-10-20/h3-16,23-24,27-28H,1-2H3. The van der Waals surface area contributed by atoms with E-state index in [4.69, 9.17) is 9.47 Å². The second kappa shape index (κ2) is 8.92. The predicted octanol–water partition coefficient (Wildman–Crippen LogP) is 5.73. The topological polar surface area (TPSA) is 55.8 Å². The van der Waals surface area contributed by atoms with Gasteiger partial charge in [-0.1, -0.05) is 36.4 Å². The lowest BCUT2D eigenvalue weighted by molar-refractivity contribution is -0.122. The third kappa shape index (κ3) is 3.50. The van der Waals surface area contributed by atoms with Gasteiger partial charge in [0.1, 0.15) is 11.5 Å². The third-order valence-electron chi connectivity index (χ3n) is 7.55. The molecule has 1 heterocycles. The summed E-state index contributed by atoms with van der Waals surface area (Å²) in [4.78, 5) is 28.8. The minimum Gasteiger partial charge on any atom is -0.497 e. The Morgan fingerprint density at radius 2 is 1.14 bits per heavy atom. The molecule has 180 valence electrons. The summed E-state index contributed by atoms with van der Waals surface area (Å²) in [6, 6.07) is 23.5. The van der Waals surface area contributed by atoms with Gasteiger partial charge in [0.05, 0.1) is 31.7 Å². The van der Waals surface area contributed by atoms with Crippen molar-refractivity contribution in [2.75, 3.05) is 19.1 Å². The highest BCUT2D eigenvalue weighted by atomic mass is 127. The fourth-order valence-electron chi connectivity index (χ4n) is 5.96. The zero-order chi connectivity index (χ0) is 25.0. The van der Waals surface area contributed by atoms with Gasteiger partial charge in [0.2, 0.25) is 11.8 Å². The van der Waals surface area contributed by atoms with Crippen LogP contribution in [0.15, 0.2) is 90.5 Å². The molecule has 6 heteroatoms. The maximum atomic E-state index is 13.7. The number of carbonyl (C=O) groups excluding carboxylic acids is 2. The number of fused-ring (bicyclic) bond motifs is 5. The highest BCUT2D eigenvalue weighted by Crippen LogP contribution is 2.59. The van der Waals surface area contributed by atoms with E-state index in [1.165, 1.54) is 4.90 Å². The lowest BCUT2D eigenvalue weighted by Gasteiger charge is -2.22. The van der Waals surface area contributed by atoms with Gasteiger partial charge in [0.25, 0.3) is 0 Å². The monoisotopic (exact) mass is 589 g/mol. The Hall–Kier alpha value is -3.39. The van der Waals surface area contributed by atoms with E-state index < -0.39 is 0 Å². The minimum atomic E-state index is -0.381. The van der Waals surface area contributed by atoms with Gasteiger partial charge in [-0.2, -0.15) is 0 Å². The molecular weight excluding hydrogens is 565 g/mol. The third-order valence-corrected chi connectivity index (χ3v) is 8.27. The Morgan fingerprint density at radius 1 is 0.694 bits per heavy atom. The Labute approximate surface area is 223 Å². The molecule has 3 aromatic carbocycles. The van der Waals surface area contributed by atoms with Gasteiger partial charge in [-0.25, -0.2) is 4.90 Å². The van der Waals surface area contributed by atoms with Crippen LogP contribution in [0.1, 0.15) is 11.1 Å². The van der Waals surface area contributed by atoms with Crippen LogP contribution in [0.4, 0.5) is 5.69 Å². The molecule has 4 atom stereocenters. The quantitative estimate of drug-likeness (QED) is 0.217. The molecule has 0 spiro atoms.